The van der Waals surface area contributed by atoms with Crippen LogP contribution in [-0.2, 0) is 9.53 Å². The van der Waals surface area contributed by atoms with Crippen LogP contribution >= 0.6 is 11.6 Å². The van der Waals surface area contributed by atoms with Crippen molar-refractivity contribution in [3.05, 3.63) is 28.8 Å². The molecule has 0 aromatic heterocycles. The van der Waals surface area contributed by atoms with Gasteiger partial charge in [0.15, 0.2) is 0 Å². The number of carbonyl (C=O) groups is 2. The number of benzene rings is 1. The molecule has 0 unspecified atom stereocenters. The van der Waals surface area contributed by atoms with Crippen molar-refractivity contribution in [1.82, 2.24) is 4.90 Å². The molecule has 0 aliphatic rings. The van der Waals surface area contributed by atoms with Gasteiger partial charge in [0.25, 0.3) is 5.91 Å². The van der Waals surface area contributed by atoms with Gasteiger partial charge < -0.3 is 14.7 Å². The van der Waals surface area contributed by atoms with E-state index in [2.05, 4.69) is 4.74 Å². The minimum atomic E-state index is -0.383. The molecule has 104 valence electrons. The third kappa shape index (κ3) is 4.13. The van der Waals surface area contributed by atoms with E-state index >= 15 is 0 Å². The fraction of sp³-hybridized carbons (Fsp3) is 0.385. The normalized spacial score (nSPS) is 10.1. The van der Waals surface area contributed by atoms with E-state index in [9.17, 15) is 14.7 Å². The molecule has 0 atom stereocenters. The lowest BCUT2D eigenvalue weighted by Crippen LogP contribution is -2.33. The lowest BCUT2D eigenvalue weighted by Gasteiger charge is -2.20. The molecule has 1 rings (SSSR count). The highest BCUT2D eigenvalue weighted by Gasteiger charge is 2.18. The van der Waals surface area contributed by atoms with Crippen molar-refractivity contribution in [1.29, 1.82) is 0 Å². The van der Waals surface area contributed by atoms with Gasteiger partial charge in [-0.3, -0.25) is 9.59 Å². The van der Waals surface area contributed by atoms with Gasteiger partial charge in [-0.05, 0) is 25.1 Å². The summed E-state index contributed by atoms with van der Waals surface area (Å²) in [6, 6.07) is 4.30. The molecule has 0 heterocycles. The van der Waals surface area contributed by atoms with Crippen LogP contribution in [0.3, 0.4) is 0 Å². The number of amides is 1. The van der Waals surface area contributed by atoms with Crippen molar-refractivity contribution in [2.75, 3.05) is 20.2 Å². The predicted octanol–water partition coefficient (Wildman–Crippen LogP) is 2.07. The number of nitrogens with zero attached hydrogens (tertiary/aromatic N) is 1. The monoisotopic (exact) mass is 285 g/mol. The molecule has 0 radical (unpaired) electrons. The van der Waals surface area contributed by atoms with Crippen LogP contribution in [-0.4, -0.2) is 42.1 Å². The summed E-state index contributed by atoms with van der Waals surface area (Å²) in [5.41, 5.74) is 0.163. The van der Waals surface area contributed by atoms with E-state index < -0.39 is 0 Å². The van der Waals surface area contributed by atoms with Gasteiger partial charge in [0.2, 0.25) is 0 Å². The van der Waals surface area contributed by atoms with E-state index in [0.717, 1.165) is 0 Å². The highest BCUT2D eigenvalue weighted by atomic mass is 35.5. The number of methoxy groups -OCH3 is 1. The number of hydrogen-bond donors (Lipinski definition) is 1. The molecule has 0 fully saturated rings. The molecule has 19 heavy (non-hydrogen) atoms. The van der Waals surface area contributed by atoms with Gasteiger partial charge >= 0.3 is 5.97 Å². The number of rotatable bonds is 5. The third-order valence-electron chi connectivity index (χ3n) is 2.67. The van der Waals surface area contributed by atoms with Crippen molar-refractivity contribution >= 4 is 23.5 Å². The number of phenolic OH excluding ortho intramolecular Hbond substituents is 1. The summed E-state index contributed by atoms with van der Waals surface area (Å²) in [5.74, 6) is -0.902. The first-order chi connectivity index (χ1) is 8.99. The van der Waals surface area contributed by atoms with Crippen LogP contribution in [0.15, 0.2) is 18.2 Å². The summed E-state index contributed by atoms with van der Waals surface area (Å²) in [7, 11) is 1.30. The summed E-state index contributed by atoms with van der Waals surface area (Å²) in [5, 5.41) is 10.1. The van der Waals surface area contributed by atoms with Gasteiger partial charge in [-0.25, -0.2) is 0 Å². The first-order valence-electron chi connectivity index (χ1n) is 5.84. The van der Waals surface area contributed by atoms with Gasteiger partial charge in [0, 0.05) is 18.1 Å². The van der Waals surface area contributed by atoms with Gasteiger partial charge in [0.1, 0.15) is 5.75 Å². The smallest absolute Gasteiger partial charge is 0.307 e. The van der Waals surface area contributed by atoms with Crippen molar-refractivity contribution in [3.8, 4) is 5.75 Å². The third-order valence-corrected chi connectivity index (χ3v) is 2.91. The Morgan fingerprint density at radius 3 is 2.63 bits per heavy atom. The van der Waals surface area contributed by atoms with E-state index in [-0.39, 0.29) is 36.2 Å². The number of ether oxygens (including phenoxy) is 1. The molecular formula is C13H16ClNO4. The lowest BCUT2D eigenvalue weighted by atomic mass is 10.1. The number of phenols is 1. The second kappa shape index (κ2) is 6.99. The number of hydrogen-bond acceptors (Lipinski definition) is 4. The molecule has 1 amide bonds. The summed E-state index contributed by atoms with van der Waals surface area (Å²) >= 11 is 5.71. The second-order valence-electron chi connectivity index (χ2n) is 3.87. The molecule has 0 aliphatic carbocycles. The molecule has 1 N–H and O–H groups in total. The fourth-order valence-electron chi connectivity index (χ4n) is 1.59. The van der Waals surface area contributed by atoms with Crippen LogP contribution in [0, 0.1) is 0 Å². The molecule has 0 saturated heterocycles. The van der Waals surface area contributed by atoms with Crippen molar-refractivity contribution in [2.24, 2.45) is 0 Å². The van der Waals surface area contributed by atoms with E-state index in [1.807, 2.05) is 0 Å². The Hall–Kier alpha value is -1.75. The zero-order valence-corrected chi connectivity index (χ0v) is 11.6. The van der Waals surface area contributed by atoms with E-state index in [1.165, 1.54) is 30.2 Å². The van der Waals surface area contributed by atoms with Gasteiger partial charge in [-0.2, -0.15) is 0 Å². The molecule has 5 nitrogen and oxygen atoms in total. The average Bonchev–Trinajstić information content (AvgIpc) is 2.38. The van der Waals surface area contributed by atoms with Gasteiger partial charge in [-0.15, -0.1) is 0 Å². The van der Waals surface area contributed by atoms with E-state index in [0.29, 0.717) is 11.6 Å². The number of carbonyl (C=O) groups excluding carboxylic acids is 2. The lowest BCUT2D eigenvalue weighted by molar-refractivity contribution is -0.140. The number of esters is 1. The van der Waals surface area contributed by atoms with Crippen LogP contribution in [0.1, 0.15) is 23.7 Å². The van der Waals surface area contributed by atoms with Crippen LogP contribution in [0.4, 0.5) is 0 Å². The first-order valence-corrected chi connectivity index (χ1v) is 6.22. The molecule has 1 aromatic rings. The first kappa shape index (κ1) is 15.3. The summed E-state index contributed by atoms with van der Waals surface area (Å²) in [6.45, 7) is 2.46. The standard InChI is InChI=1S/C13H16ClNO4/c1-3-15(7-6-12(17)19-2)13(18)10-5-4-9(14)8-11(10)16/h4-5,8,16H,3,6-7H2,1-2H3. The summed E-state index contributed by atoms with van der Waals surface area (Å²) < 4.78 is 4.53. The minimum absolute atomic E-state index is 0.116. The Morgan fingerprint density at radius 2 is 2.11 bits per heavy atom. The largest absolute Gasteiger partial charge is 0.507 e. The molecule has 0 saturated carbocycles. The minimum Gasteiger partial charge on any atom is -0.507 e. The predicted molar refractivity (Wildman–Crippen MR) is 71.3 cm³/mol. The van der Waals surface area contributed by atoms with Crippen molar-refractivity contribution in [2.45, 2.75) is 13.3 Å². The Bertz CT molecular complexity index is 476. The zero-order valence-electron chi connectivity index (χ0n) is 10.9. The number of aromatic hydroxyl groups is 1. The van der Waals surface area contributed by atoms with E-state index in [4.69, 9.17) is 11.6 Å². The van der Waals surface area contributed by atoms with Gasteiger partial charge in [0.05, 0.1) is 19.1 Å². The van der Waals surface area contributed by atoms with Crippen molar-refractivity contribution < 1.29 is 19.4 Å². The maximum absolute atomic E-state index is 12.2. The maximum atomic E-state index is 12.2. The van der Waals surface area contributed by atoms with Crippen LogP contribution in [0.5, 0.6) is 5.75 Å². The Morgan fingerprint density at radius 1 is 1.42 bits per heavy atom. The molecular weight excluding hydrogens is 270 g/mol. The fourth-order valence-corrected chi connectivity index (χ4v) is 1.75. The molecule has 1 aromatic carbocycles. The van der Waals surface area contributed by atoms with E-state index in [1.54, 1.807) is 6.92 Å². The van der Waals surface area contributed by atoms with Crippen LogP contribution in [0.2, 0.25) is 5.02 Å². The molecule has 0 aliphatic heterocycles. The Kier molecular flexibility index (Phi) is 5.63. The SMILES string of the molecule is CCN(CCC(=O)OC)C(=O)c1ccc(Cl)cc1O. The molecule has 0 spiro atoms. The maximum Gasteiger partial charge on any atom is 0.307 e. The highest BCUT2D eigenvalue weighted by Crippen LogP contribution is 2.23. The molecule has 0 bridgehead atoms. The quantitative estimate of drug-likeness (QED) is 0.841. The van der Waals surface area contributed by atoms with Crippen molar-refractivity contribution in [3.63, 3.8) is 0 Å². The van der Waals surface area contributed by atoms with Crippen LogP contribution < -0.4 is 0 Å². The zero-order chi connectivity index (χ0) is 14.4. The Labute approximate surface area is 116 Å². The van der Waals surface area contributed by atoms with Gasteiger partial charge in [-0.1, -0.05) is 11.6 Å². The van der Waals surface area contributed by atoms with Crippen LogP contribution in [0.25, 0.3) is 0 Å². The second-order valence-corrected chi connectivity index (χ2v) is 4.31. The average molecular weight is 286 g/mol. The summed E-state index contributed by atoms with van der Waals surface area (Å²) in [4.78, 5) is 24.7. The number of halogens is 1. The topological polar surface area (TPSA) is 66.8 Å². The Balaban J connectivity index is 2.80. The molecule has 6 heteroatoms. The summed E-state index contributed by atoms with van der Waals surface area (Å²) in [6.07, 6.45) is 0.116. The highest BCUT2D eigenvalue weighted by molar-refractivity contribution is 6.30.